The average molecular weight is 473 g/mol. The van der Waals surface area contributed by atoms with Crippen molar-refractivity contribution in [3.8, 4) is 11.5 Å². The molecule has 0 fully saturated rings. The van der Waals surface area contributed by atoms with E-state index in [4.69, 9.17) is 9.47 Å². The van der Waals surface area contributed by atoms with Crippen LogP contribution in [0.2, 0.25) is 0 Å². The van der Waals surface area contributed by atoms with Crippen molar-refractivity contribution in [3.05, 3.63) is 71.4 Å². The number of benzene rings is 2. The minimum Gasteiger partial charge on any atom is -0.497 e. The number of nitrogens with zero attached hydrogens (tertiary/aromatic N) is 4. The smallest absolute Gasteiger partial charge is 0.263 e. The molecule has 3 rings (SSSR count). The van der Waals surface area contributed by atoms with Gasteiger partial charge in [0.2, 0.25) is 0 Å². The van der Waals surface area contributed by atoms with Gasteiger partial charge in [-0.3, -0.25) is 4.68 Å². The molecule has 0 unspecified atom stereocenters. The van der Waals surface area contributed by atoms with Gasteiger partial charge in [-0.1, -0.05) is 24.3 Å². The Hall–Kier alpha value is -2.88. The predicted octanol–water partition coefficient (Wildman–Crippen LogP) is 3.37. The molecule has 2 aromatic carbocycles. The Morgan fingerprint density at radius 3 is 1.73 bits per heavy atom. The Bertz CT molecular complexity index is 1090. The highest BCUT2D eigenvalue weighted by atomic mass is 32.2. The lowest BCUT2D eigenvalue weighted by Gasteiger charge is -2.21. The van der Waals surface area contributed by atoms with Gasteiger partial charge >= 0.3 is 0 Å². The topological polar surface area (TPSA) is 76.9 Å². The molecule has 0 amide bonds. The van der Waals surface area contributed by atoms with E-state index in [2.05, 4.69) is 5.10 Å². The van der Waals surface area contributed by atoms with Gasteiger partial charge in [0.05, 0.1) is 19.9 Å². The largest absolute Gasteiger partial charge is 0.497 e. The van der Waals surface area contributed by atoms with Crippen LogP contribution in [0.4, 0.5) is 0 Å². The molecule has 0 spiro atoms. The highest BCUT2D eigenvalue weighted by Crippen LogP contribution is 2.24. The van der Waals surface area contributed by atoms with E-state index in [-0.39, 0.29) is 18.1 Å². The minimum atomic E-state index is -3.86. The molecule has 1 heterocycles. The molecule has 0 saturated carbocycles. The van der Waals surface area contributed by atoms with Crippen LogP contribution in [0.3, 0.4) is 0 Å². The van der Waals surface area contributed by atoms with E-state index in [1.165, 1.54) is 4.31 Å². The lowest BCUT2D eigenvalue weighted by molar-refractivity contribution is 0.382. The zero-order chi connectivity index (χ0) is 24.0. The summed E-state index contributed by atoms with van der Waals surface area (Å²) < 4.78 is 41.1. The summed E-state index contributed by atoms with van der Waals surface area (Å²) in [6.45, 7) is 3.57. The number of methoxy groups -OCH3 is 2. The van der Waals surface area contributed by atoms with E-state index in [1.54, 1.807) is 25.0 Å². The second-order valence-electron chi connectivity index (χ2n) is 8.00. The Morgan fingerprint density at radius 1 is 0.848 bits per heavy atom. The van der Waals surface area contributed by atoms with Crippen molar-refractivity contribution >= 4 is 10.0 Å². The highest BCUT2D eigenvalue weighted by Gasteiger charge is 2.29. The third-order valence-electron chi connectivity index (χ3n) is 5.26. The van der Waals surface area contributed by atoms with E-state index in [1.807, 2.05) is 74.4 Å². The summed E-state index contributed by atoms with van der Waals surface area (Å²) in [5, 5.41) is 4.49. The lowest BCUT2D eigenvalue weighted by atomic mass is 10.2. The predicted molar refractivity (Wildman–Crippen MR) is 128 cm³/mol. The van der Waals surface area contributed by atoms with Crippen molar-refractivity contribution in [1.82, 2.24) is 19.0 Å². The zero-order valence-corrected chi connectivity index (χ0v) is 20.7. The molecule has 9 heteroatoms. The molecule has 0 aliphatic heterocycles. The normalized spacial score (nSPS) is 11.8. The molecule has 0 N–H and O–H groups in total. The number of ether oxygens (including phenoxy) is 2. The summed E-state index contributed by atoms with van der Waals surface area (Å²) in [6.07, 6.45) is 0. The van der Waals surface area contributed by atoms with Crippen molar-refractivity contribution in [2.45, 2.75) is 38.1 Å². The quantitative estimate of drug-likeness (QED) is 0.426. The van der Waals surface area contributed by atoms with Gasteiger partial charge in [-0.25, -0.2) is 8.42 Å². The summed E-state index contributed by atoms with van der Waals surface area (Å²) in [7, 11) is 3.24. The fraction of sp³-hybridized carbons (Fsp3) is 0.375. The van der Waals surface area contributed by atoms with Gasteiger partial charge in [-0.05, 0) is 56.4 Å². The second-order valence-corrected chi connectivity index (χ2v) is 9.88. The van der Waals surface area contributed by atoms with Gasteiger partial charge in [0.15, 0.2) is 5.03 Å². The first kappa shape index (κ1) is 24.8. The first-order valence-electron chi connectivity index (χ1n) is 10.7. The third kappa shape index (κ3) is 6.13. The average Bonchev–Trinajstić information content (AvgIpc) is 3.22. The second kappa shape index (κ2) is 10.8. The molecule has 0 aliphatic rings. The van der Waals surface area contributed by atoms with E-state index in [0.717, 1.165) is 28.3 Å². The molecule has 1 aromatic heterocycles. The summed E-state index contributed by atoms with van der Waals surface area (Å²) in [6, 6.07) is 16.5. The van der Waals surface area contributed by atoms with Crippen LogP contribution < -0.4 is 9.47 Å². The molecule has 0 bridgehead atoms. The Kier molecular flexibility index (Phi) is 8.12. The van der Waals surface area contributed by atoms with E-state index in [0.29, 0.717) is 13.1 Å². The van der Waals surface area contributed by atoms with Crippen LogP contribution in [-0.2, 0) is 36.2 Å². The molecular weight excluding hydrogens is 440 g/mol. The van der Waals surface area contributed by atoms with Crippen LogP contribution in [0, 0.1) is 0 Å². The van der Waals surface area contributed by atoms with Gasteiger partial charge in [-0.2, -0.15) is 9.40 Å². The summed E-state index contributed by atoms with van der Waals surface area (Å²) in [5.74, 6) is 1.44. The zero-order valence-electron chi connectivity index (χ0n) is 19.9. The minimum absolute atomic E-state index is 0.0585. The van der Waals surface area contributed by atoms with Gasteiger partial charge in [0.25, 0.3) is 10.0 Å². The number of hydrogen-bond acceptors (Lipinski definition) is 6. The molecule has 0 radical (unpaired) electrons. The number of aryl methyl sites for hydroxylation is 1. The molecule has 0 aliphatic carbocycles. The van der Waals surface area contributed by atoms with Crippen molar-refractivity contribution in [2.24, 2.45) is 0 Å². The van der Waals surface area contributed by atoms with Crippen LogP contribution in [0.15, 0.2) is 59.6 Å². The Morgan fingerprint density at radius 2 is 1.33 bits per heavy atom. The maximum Gasteiger partial charge on any atom is 0.263 e. The molecular formula is C24H32N4O4S. The summed E-state index contributed by atoms with van der Waals surface area (Å²) in [5.41, 5.74) is 2.57. The highest BCUT2D eigenvalue weighted by molar-refractivity contribution is 7.89. The Balaban J connectivity index is 1.97. The van der Waals surface area contributed by atoms with E-state index >= 15 is 0 Å². The van der Waals surface area contributed by atoms with Crippen molar-refractivity contribution in [2.75, 3.05) is 28.3 Å². The molecule has 178 valence electrons. The van der Waals surface area contributed by atoms with Crippen molar-refractivity contribution < 1.29 is 17.9 Å². The first-order valence-corrected chi connectivity index (χ1v) is 12.2. The van der Waals surface area contributed by atoms with Crippen LogP contribution in [0.5, 0.6) is 11.5 Å². The van der Waals surface area contributed by atoms with E-state index in [9.17, 15) is 8.42 Å². The fourth-order valence-corrected chi connectivity index (χ4v) is 4.90. The maximum atomic E-state index is 13.7. The molecule has 0 saturated heterocycles. The maximum absolute atomic E-state index is 13.7. The van der Waals surface area contributed by atoms with Gasteiger partial charge in [-0.15, -0.1) is 0 Å². The summed E-state index contributed by atoms with van der Waals surface area (Å²) >= 11 is 0. The van der Waals surface area contributed by atoms with E-state index < -0.39 is 10.0 Å². The molecule has 8 nitrogen and oxygen atoms in total. The van der Waals surface area contributed by atoms with Crippen LogP contribution >= 0.6 is 0 Å². The SMILES string of the molecule is CCn1nc(S(=O)(=O)N(Cc2ccc(OC)cc2)Cc2ccc(OC)cc2)cc1CN(C)C. The molecule has 33 heavy (non-hydrogen) atoms. The number of rotatable bonds is 11. The van der Waals surface area contributed by atoms with Crippen molar-refractivity contribution in [3.63, 3.8) is 0 Å². The van der Waals surface area contributed by atoms with Crippen LogP contribution in [-0.4, -0.2) is 55.7 Å². The molecule has 0 atom stereocenters. The van der Waals surface area contributed by atoms with Crippen molar-refractivity contribution in [1.29, 1.82) is 0 Å². The van der Waals surface area contributed by atoms with Crippen LogP contribution in [0.1, 0.15) is 23.7 Å². The van der Waals surface area contributed by atoms with Crippen LogP contribution in [0.25, 0.3) is 0 Å². The fourth-order valence-electron chi connectivity index (χ4n) is 3.51. The van der Waals surface area contributed by atoms with Gasteiger partial charge < -0.3 is 14.4 Å². The number of aromatic nitrogens is 2. The molecule has 3 aromatic rings. The standard InChI is InChI=1S/C24H32N4O4S/c1-6-28-21(18-26(2)3)15-24(25-28)33(29,30)27(16-19-7-11-22(31-4)12-8-19)17-20-9-13-23(32-5)14-10-20/h7-15H,6,16-18H2,1-5H3. The summed E-state index contributed by atoms with van der Waals surface area (Å²) in [4.78, 5) is 1.99. The Labute approximate surface area is 196 Å². The monoisotopic (exact) mass is 472 g/mol. The number of hydrogen-bond donors (Lipinski definition) is 0. The lowest BCUT2D eigenvalue weighted by Crippen LogP contribution is -2.30. The van der Waals surface area contributed by atoms with Gasteiger partial charge in [0.1, 0.15) is 11.5 Å². The number of sulfonamides is 1. The third-order valence-corrected chi connectivity index (χ3v) is 6.92. The van der Waals surface area contributed by atoms with Gasteiger partial charge in [0, 0.05) is 32.2 Å². The first-order chi connectivity index (χ1) is 15.8.